The smallest absolute Gasteiger partial charge is 0.309 e. The highest BCUT2D eigenvalue weighted by atomic mass is 16.4. The molecule has 1 aliphatic carbocycles. The molecule has 2 aliphatic rings. The summed E-state index contributed by atoms with van der Waals surface area (Å²) in [4.78, 5) is 25.7. The van der Waals surface area contributed by atoms with Crippen molar-refractivity contribution in [1.29, 1.82) is 0 Å². The standard InChI is InChI=1S/C15H26N2O3/c1-3-6-15(14(19)20)7-9-17(10-8-15)11(2)13(18)16-12-4-5-12/h11-12H,3-10H2,1-2H3,(H,16,18)(H,19,20). The van der Waals surface area contributed by atoms with Crippen LogP contribution in [-0.2, 0) is 9.59 Å². The molecule has 114 valence electrons. The van der Waals surface area contributed by atoms with Crippen molar-refractivity contribution in [2.75, 3.05) is 13.1 Å². The zero-order valence-corrected chi connectivity index (χ0v) is 12.5. The van der Waals surface area contributed by atoms with Crippen LogP contribution in [0.3, 0.4) is 0 Å². The van der Waals surface area contributed by atoms with Gasteiger partial charge in [0.1, 0.15) is 0 Å². The van der Waals surface area contributed by atoms with Crippen molar-refractivity contribution >= 4 is 11.9 Å². The highest BCUT2D eigenvalue weighted by Gasteiger charge is 2.42. The summed E-state index contributed by atoms with van der Waals surface area (Å²) in [5.41, 5.74) is -0.571. The second-order valence-corrected chi connectivity index (χ2v) is 6.33. The van der Waals surface area contributed by atoms with E-state index in [4.69, 9.17) is 0 Å². The average Bonchev–Trinajstić information content (AvgIpc) is 3.22. The third-order valence-electron chi connectivity index (χ3n) is 4.79. The van der Waals surface area contributed by atoms with Crippen molar-refractivity contribution in [3.8, 4) is 0 Å². The maximum absolute atomic E-state index is 12.0. The van der Waals surface area contributed by atoms with Gasteiger partial charge in [-0.2, -0.15) is 0 Å². The molecule has 5 nitrogen and oxygen atoms in total. The van der Waals surface area contributed by atoms with E-state index in [-0.39, 0.29) is 11.9 Å². The van der Waals surface area contributed by atoms with E-state index in [9.17, 15) is 14.7 Å². The monoisotopic (exact) mass is 282 g/mol. The highest BCUT2D eigenvalue weighted by molar-refractivity contribution is 5.82. The molecule has 0 spiro atoms. The zero-order chi connectivity index (χ0) is 14.8. The first-order valence-corrected chi connectivity index (χ1v) is 7.76. The Balaban J connectivity index is 1.88. The Labute approximate surface area is 120 Å². The van der Waals surface area contributed by atoms with Gasteiger partial charge in [-0.25, -0.2) is 0 Å². The Morgan fingerprint density at radius 1 is 1.35 bits per heavy atom. The van der Waals surface area contributed by atoms with E-state index in [1.807, 2.05) is 13.8 Å². The van der Waals surface area contributed by atoms with E-state index in [2.05, 4.69) is 10.2 Å². The summed E-state index contributed by atoms with van der Waals surface area (Å²) in [6, 6.07) is 0.233. The molecule has 0 aromatic carbocycles. The lowest BCUT2D eigenvalue weighted by Crippen LogP contribution is -2.52. The van der Waals surface area contributed by atoms with Crippen LogP contribution in [-0.4, -0.2) is 47.1 Å². The molecule has 2 rings (SSSR count). The molecule has 1 saturated carbocycles. The molecular weight excluding hydrogens is 256 g/mol. The molecule has 1 saturated heterocycles. The van der Waals surface area contributed by atoms with Gasteiger partial charge >= 0.3 is 5.97 Å². The fraction of sp³-hybridized carbons (Fsp3) is 0.867. The summed E-state index contributed by atoms with van der Waals surface area (Å²) in [5.74, 6) is -0.583. The number of hydrogen-bond acceptors (Lipinski definition) is 3. The molecule has 20 heavy (non-hydrogen) atoms. The lowest BCUT2D eigenvalue weighted by Gasteiger charge is -2.40. The largest absolute Gasteiger partial charge is 0.481 e. The molecule has 5 heteroatoms. The second kappa shape index (κ2) is 6.12. The molecule has 1 unspecified atom stereocenters. The molecule has 2 N–H and O–H groups in total. The summed E-state index contributed by atoms with van der Waals surface area (Å²) in [6.07, 6.45) is 5.12. The maximum atomic E-state index is 12.0. The van der Waals surface area contributed by atoms with Crippen LogP contribution < -0.4 is 5.32 Å². The van der Waals surface area contributed by atoms with Crippen LogP contribution in [0.5, 0.6) is 0 Å². The number of likely N-dealkylation sites (tertiary alicyclic amines) is 1. The zero-order valence-electron chi connectivity index (χ0n) is 12.5. The third-order valence-corrected chi connectivity index (χ3v) is 4.79. The SMILES string of the molecule is CCCC1(C(=O)O)CCN(C(C)C(=O)NC2CC2)CC1. The number of rotatable bonds is 6. The number of nitrogens with zero attached hydrogens (tertiary/aromatic N) is 1. The minimum Gasteiger partial charge on any atom is -0.481 e. The fourth-order valence-corrected chi connectivity index (χ4v) is 3.10. The van der Waals surface area contributed by atoms with E-state index in [0.29, 0.717) is 32.0 Å². The first kappa shape index (κ1) is 15.3. The summed E-state index contributed by atoms with van der Waals surface area (Å²) in [7, 11) is 0. The van der Waals surface area contributed by atoms with Gasteiger partial charge in [-0.15, -0.1) is 0 Å². The molecule has 0 radical (unpaired) electrons. The topological polar surface area (TPSA) is 69.6 Å². The van der Waals surface area contributed by atoms with Gasteiger partial charge in [0.2, 0.25) is 5.91 Å². The van der Waals surface area contributed by atoms with Crippen LogP contribution >= 0.6 is 0 Å². The Morgan fingerprint density at radius 2 is 1.95 bits per heavy atom. The van der Waals surface area contributed by atoms with Crippen LogP contribution in [0.4, 0.5) is 0 Å². The van der Waals surface area contributed by atoms with Gasteiger partial charge in [0, 0.05) is 19.1 Å². The molecule has 1 heterocycles. The first-order chi connectivity index (χ1) is 9.48. The Hall–Kier alpha value is -1.10. The van der Waals surface area contributed by atoms with E-state index >= 15 is 0 Å². The summed E-state index contributed by atoms with van der Waals surface area (Å²) in [5, 5.41) is 12.5. The van der Waals surface area contributed by atoms with E-state index in [1.165, 1.54) is 0 Å². The number of hydrogen-bond donors (Lipinski definition) is 2. The normalized spacial score (nSPS) is 24.1. The van der Waals surface area contributed by atoms with Crippen LogP contribution in [0.2, 0.25) is 0 Å². The van der Waals surface area contributed by atoms with Gasteiger partial charge in [0.05, 0.1) is 11.5 Å². The summed E-state index contributed by atoms with van der Waals surface area (Å²) < 4.78 is 0. The fourth-order valence-electron chi connectivity index (χ4n) is 3.10. The van der Waals surface area contributed by atoms with Crippen molar-refractivity contribution < 1.29 is 14.7 Å². The van der Waals surface area contributed by atoms with Crippen LogP contribution in [0, 0.1) is 5.41 Å². The van der Waals surface area contributed by atoms with Gasteiger partial charge in [-0.1, -0.05) is 13.3 Å². The summed E-state index contributed by atoms with van der Waals surface area (Å²) in [6.45, 7) is 5.35. The number of aliphatic carboxylic acids is 1. The molecule has 0 aromatic heterocycles. The molecule has 1 aliphatic heterocycles. The van der Waals surface area contributed by atoms with Gasteiger partial charge in [-0.3, -0.25) is 14.5 Å². The second-order valence-electron chi connectivity index (χ2n) is 6.33. The van der Waals surface area contributed by atoms with Gasteiger partial charge in [0.25, 0.3) is 0 Å². The Morgan fingerprint density at radius 3 is 2.40 bits per heavy atom. The third kappa shape index (κ3) is 3.32. The maximum Gasteiger partial charge on any atom is 0.309 e. The minimum absolute atomic E-state index is 0.0887. The molecule has 0 aromatic rings. The van der Waals surface area contributed by atoms with Crippen LogP contribution in [0.15, 0.2) is 0 Å². The Kier molecular flexibility index (Phi) is 4.68. The van der Waals surface area contributed by atoms with Gasteiger partial charge < -0.3 is 10.4 Å². The van der Waals surface area contributed by atoms with Crippen molar-refractivity contribution in [1.82, 2.24) is 10.2 Å². The van der Waals surface area contributed by atoms with Crippen LogP contribution in [0.1, 0.15) is 52.4 Å². The predicted molar refractivity (Wildman–Crippen MR) is 76.4 cm³/mol. The number of nitrogens with one attached hydrogen (secondary N) is 1. The Bertz CT molecular complexity index is 371. The minimum atomic E-state index is -0.672. The molecule has 1 amide bonds. The predicted octanol–water partition coefficient (Wildman–Crippen LogP) is 1.62. The van der Waals surface area contributed by atoms with E-state index < -0.39 is 11.4 Å². The number of carboxylic acid groups (broad SMARTS) is 1. The van der Waals surface area contributed by atoms with E-state index in [1.54, 1.807) is 0 Å². The molecule has 2 fully saturated rings. The highest BCUT2D eigenvalue weighted by Crippen LogP contribution is 2.37. The molecular formula is C15H26N2O3. The van der Waals surface area contributed by atoms with Crippen molar-refractivity contribution in [3.05, 3.63) is 0 Å². The van der Waals surface area contributed by atoms with Gasteiger partial charge in [-0.05, 0) is 39.0 Å². The van der Waals surface area contributed by atoms with Crippen molar-refractivity contribution in [2.24, 2.45) is 5.41 Å². The number of amides is 1. The van der Waals surface area contributed by atoms with Crippen molar-refractivity contribution in [2.45, 2.75) is 64.5 Å². The lowest BCUT2D eigenvalue weighted by molar-refractivity contribution is -0.153. The number of carbonyl (C=O) groups is 2. The number of piperidine rings is 1. The summed E-state index contributed by atoms with van der Waals surface area (Å²) >= 11 is 0. The quantitative estimate of drug-likeness (QED) is 0.776. The van der Waals surface area contributed by atoms with Crippen molar-refractivity contribution in [3.63, 3.8) is 0 Å². The first-order valence-electron chi connectivity index (χ1n) is 7.76. The lowest BCUT2D eigenvalue weighted by atomic mass is 9.75. The van der Waals surface area contributed by atoms with Crippen LogP contribution in [0.25, 0.3) is 0 Å². The number of carbonyl (C=O) groups excluding carboxylic acids is 1. The van der Waals surface area contributed by atoms with Gasteiger partial charge in [0.15, 0.2) is 0 Å². The molecule has 0 bridgehead atoms. The van der Waals surface area contributed by atoms with E-state index in [0.717, 1.165) is 25.7 Å². The average molecular weight is 282 g/mol. The molecule has 1 atom stereocenters. The number of carboxylic acids is 1.